The number of phenolic OH excluding ortho intramolecular Hbond substituents is 1. The van der Waals surface area contributed by atoms with Crippen LogP contribution in [0.5, 0.6) is 5.75 Å². The van der Waals surface area contributed by atoms with Crippen LogP contribution in [0.1, 0.15) is 30.0 Å². The fourth-order valence-electron chi connectivity index (χ4n) is 1.95. The summed E-state index contributed by atoms with van der Waals surface area (Å²) in [6.45, 7) is 3.09. The van der Waals surface area contributed by atoms with E-state index >= 15 is 0 Å². The molecule has 1 unspecified atom stereocenters. The number of nitrogens with one attached hydrogen (secondary N) is 1. The first-order valence-corrected chi connectivity index (χ1v) is 5.71. The summed E-state index contributed by atoms with van der Waals surface area (Å²) in [5, 5.41) is 13.2. The first-order valence-electron chi connectivity index (χ1n) is 4.91. The molecule has 1 fully saturated rings. The summed E-state index contributed by atoms with van der Waals surface area (Å²) >= 11 is 3.54. The zero-order valence-electron chi connectivity index (χ0n) is 8.18. The highest BCUT2D eigenvalue weighted by atomic mass is 79.9. The fourth-order valence-corrected chi connectivity index (χ4v) is 2.57. The number of aromatic hydroxyl groups is 1. The van der Waals surface area contributed by atoms with Crippen LogP contribution in [0.2, 0.25) is 0 Å². The van der Waals surface area contributed by atoms with Gasteiger partial charge in [-0.15, -0.1) is 0 Å². The molecule has 1 aromatic carbocycles. The summed E-state index contributed by atoms with van der Waals surface area (Å²) in [5.74, 6) is 0.391. The molecule has 0 aliphatic carbocycles. The SMILES string of the molecule is Cc1ccc(O)c(C2CCCN2)c1Br. The molecule has 1 heterocycles. The van der Waals surface area contributed by atoms with Gasteiger partial charge in [0.05, 0.1) is 0 Å². The maximum atomic E-state index is 9.81. The number of rotatable bonds is 1. The van der Waals surface area contributed by atoms with Crippen molar-refractivity contribution in [3.8, 4) is 5.75 Å². The second-order valence-corrected chi connectivity index (χ2v) is 4.57. The Balaban J connectivity index is 2.44. The summed E-state index contributed by atoms with van der Waals surface area (Å²) in [5.41, 5.74) is 2.19. The van der Waals surface area contributed by atoms with Crippen molar-refractivity contribution in [3.05, 3.63) is 27.7 Å². The van der Waals surface area contributed by atoms with Gasteiger partial charge in [0.1, 0.15) is 5.75 Å². The smallest absolute Gasteiger partial charge is 0.121 e. The Morgan fingerprint density at radius 3 is 2.93 bits per heavy atom. The standard InChI is InChI=1S/C11H14BrNO/c1-7-4-5-9(14)10(11(7)12)8-3-2-6-13-8/h4-5,8,13-14H,2-3,6H2,1H3. The lowest BCUT2D eigenvalue weighted by molar-refractivity contribution is 0.456. The topological polar surface area (TPSA) is 32.3 Å². The van der Waals surface area contributed by atoms with Crippen LogP contribution in [0.4, 0.5) is 0 Å². The third-order valence-corrected chi connectivity index (χ3v) is 3.81. The van der Waals surface area contributed by atoms with Gasteiger partial charge in [0.25, 0.3) is 0 Å². The average molecular weight is 256 g/mol. The van der Waals surface area contributed by atoms with Gasteiger partial charge in [0.2, 0.25) is 0 Å². The molecule has 1 atom stereocenters. The zero-order chi connectivity index (χ0) is 10.1. The van der Waals surface area contributed by atoms with Crippen LogP contribution in [0.15, 0.2) is 16.6 Å². The van der Waals surface area contributed by atoms with E-state index in [1.165, 1.54) is 12.0 Å². The zero-order valence-corrected chi connectivity index (χ0v) is 9.76. The summed E-state index contributed by atoms with van der Waals surface area (Å²) < 4.78 is 1.04. The van der Waals surface area contributed by atoms with Gasteiger partial charge in [0, 0.05) is 16.1 Å². The minimum absolute atomic E-state index is 0.310. The lowest BCUT2D eigenvalue weighted by atomic mass is 10.0. The van der Waals surface area contributed by atoms with Gasteiger partial charge in [-0.1, -0.05) is 22.0 Å². The molecule has 76 valence electrons. The van der Waals surface area contributed by atoms with Gasteiger partial charge in [-0.2, -0.15) is 0 Å². The molecule has 2 nitrogen and oxygen atoms in total. The molecule has 2 N–H and O–H groups in total. The van der Waals surface area contributed by atoms with E-state index in [1.54, 1.807) is 6.07 Å². The number of hydrogen-bond acceptors (Lipinski definition) is 2. The third-order valence-electron chi connectivity index (χ3n) is 2.76. The quantitative estimate of drug-likeness (QED) is 0.809. The van der Waals surface area contributed by atoms with Gasteiger partial charge in [-0.25, -0.2) is 0 Å². The summed E-state index contributed by atoms with van der Waals surface area (Å²) in [6.07, 6.45) is 2.29. The van der Waals surface area contributed by atoms with Gasteiger partial charge < -0.3 is 10.4 Å². The van der Waals surface area contributed by atoms with Crippen molar-refractivity contribution in [2.24, 2.45) is 0 Å². The van der Waals surface area contributed by atoms with E-state index < -0.39 is 0 Å². The summed E-state index contributed by atoms with van der Waals surface area (Å²) in [6, 6.07) is 4.01. The maximum Gasteiger partial charge on any atom is 0.121 e. The van der Waals surface area contributed by atoms with Crippen LogP contribution < -0.4 is 5.32 Å². The molecule has 3 heteroatoms. The lowest BCUT2D eigenvalue weighted by Gasteiger charge is -2.16. The van der Waals surface area contributed by atoms with Gasteiger partial charge in [0.15, 0.2) is 0 Å². The molecule has 1 aliphatic rings. The number of phenols is 1. The van der Waals surface area contributed by atoms with E-state index in [2.05, 4.69) is 21.2 Å². The molecule has 0 amide bonds. The molecular formula is C11H14BrNO. The Bertz CT molecular complexity index is 345. The largest absolute Gasteiger partial charge is 0.508 e. The van der Waals surface area contributed by atoms with Crippen LogP contribution in [-0.2, 0) is 0 Å². The molecule has 2 rings (SSSR count). The van der Waals surface area contributed by atoms with Crippen molar-refractivity contribution < 1.29 is 5.11 Å². The Morgan fingerprint density at radius 1 is 1.50 bits per heavy atom. The number of hydrogen-bond donors (Lipinski definition) is 2. The lowest BCUT2D eigenvalue weighted by Crippen LogP contribution is -2.13. The number of benzene rings is 1. The average Bonchev–Trinajstić information content (AvgIpc) is 2.65. The number of halogens is 1. The first kappa shape index (κ1) is 9.99. The first-order chi connectivity index (χ1) is 6.70. The predicted molar refractivity (Wildman–Crippen MR) is 60.5 cm³/mol. The Hall–Kier alpha value is -0.540. The molecule has 0 spiro atoms. The van der Waals surface area contributed by atoms with Crippen LogP contribution >= 0.6 is 15.9 Å². The molecule has 1 saturated heterocycles. The Kier molecular flexibility index (Phi) is 2.79. The van der Waals surface area contributed by atoms with Crippen molar-refractivity contribution in [2.45, 2.75) is 25.8 Å². The van der Waals surface area contributed by atoms with Crippen molar-refractivity contribution in [1.29, 1.82) is 0 Å². The summed E-state index contributed by atoms with van der Waals surface area (Å²) in [4.78, 5) is 0. The van der Waals surface area contributed by atoms with E-state index in [9.17, 15) is 5.11 Å². The molecule has 1 aliphatic heterocycles. The van der Waals surface area contributed by atoms with E-state index in [0.29, 0.717) is 11.8 Å². The minimum atomic E-state index is 0.310. The minimum Gasteiger partial charge on any atom is -0.508 e. The van der Waals surface area contributed by atoms with E-state index in [4.69, 9.17) is 0 Å². The fraction of sp³-hybridized carbons (Fsp3) is 0.455. The van der Waals surface area contributed by atoms with Crippen LogP contribution in [0.3, 0.4) is 0 Å². The molecular weight excluding hydrogens is 242 g/mol. The van der Waals surface area contributed by atoms with E-state index in [0.717, 1.165) is 23.0 Å². The second kappa shape index (κ2) is 3.91. The molecule has 1 aromatic rings. The molecule has 14 heavy (non-hydrogen) atoms. The van der Waals surface area contributed by atoms with Gasteiger partial charge in [-0.05, 0) is 37.9 Å². The van der Waals surface area contributed by atoms with Crippen molar-refractivity contribution in [2.75, 3.05) is 6.54 Å². The van der Waals surface area contributed by atoms with Crippen molar-refractivity contribution in [1.82, 2.24) is 5.32 Å². The monoisotopic (exact) mass is 255 g/mol. The molecule has 0 bridgehead atoms. The highest BCUT2D eigenvalue weighted by Crippen LogP contribution is 2.37. The van der Waals surface area contributed by atoms with Crippen LogP contribution in [-0.4, -0.2) is 11.7 Å². The van der Waals surface area contributed by atoms with Crippen molar-refractivity contribution in [3.63, 3.8) is 0 Å². The van der Waals surface area contributed by atoms with Crippen molar-refractivity contribution >= 4 is 15.9 Å². The summed E-state index contributed by atoms with van der Waals surface area (Å²) in [7, 11) is 0. The number of aryl methyl sites for hydroxylation is 1. The molecule has 0 aromatic heterocycles. The normalized spacial score (nSPS) is 21.4. The Labute approximate surface area is 92.5 Å². The third kappa shape index (κ3) is 1.66. The predicted octanol–water partition coefficient (Wildman–Crippen LogP) is 2.89. The van der Waals surface area contributed by atoms with Crippen LogP contribution in [0, 0.1) is 6.92 Å². The highest BCUT2D eigenvalue weighted by Gasteiger charge is 2.22. The maximum absolute atomic E-state index is 9.81. The Morgan fingerprint density at radius 2 is 2.29 bits per heavy atom. The molecule has 0 radical (unpaired) electrons. The second-order valence-electron chi connectivity index (χ2n) is 3.78. The van der Waals surface area contributed by atoms with Crippen LogP contribution in [0.25, 0.3) is 0 Å². The molecule has 0 saturated carbocycles. The van der Waals surface area contributed by atoms with E-state index in [1.807, 2.05) is 13.0 Å². The highest BCUT2D eigenvalue weighted by molar-refractivity contribution is 9.10. The van der Waals surface area contributed by atoms with Gasteiger partial charge in [-0.3, -0.25) is 0 Å². The van der Waals surface area contributed by atoms with Gasteiger partial charge >= 0.3 is 0 Å². The van der Waals surface area contributed by atoms with E-state index in [-0.39, 0.29) is 0 Å².